The summed E-state index contributed by atoms with van der Waals surface area (Å²) in [6, 6.07) is 9.80. The summed E-state index contributed by atoms with van der Waals surface area (Å²) in [7, 11) is 3.79. The highest BCUT2D eigenvalue weighted by molar-refractivity contribution is 5.42. The number of hydrazine groups is 2. The van der Waals surface area contributed by atoms with Gasteiger partial charge >= 0.3 is 0 Å². The SMILES string of the molecule is CN(C)N(N)c1ccccc1. The molecule has 0 aliphatic heterocycles. The molecule has 0 amide bonds. The van der Waals surface area contributed by atoms with Gasteiger partial charge in [-0.25, -0.2) is 16.0 Å². The van der Waals surface area contributed by atoms with E-state index in [0.29, 0.717) is 0 Å². The molecule has 0 radical (unpaired) electrons. The molecule has 11 heavy (non-hydrogen) atoms. The summed E-state index contributed by atoms with van der Waals surface area (Å²) in [6.45, 7) is 0. The third kappa shape index (κ3) is 1.93. The van der Waals surface area contributed by atoms with E-state index in [1.807, 2.05) is 49.4 Å². The van der Waals surface area contributed by atoms with Gasteiger partial charge in [-0.15, -0.1) is 0 Å². The monoisotopic (exact) mass is 151 g/mol. The quantitative estimate of drug-likeness (QED) is 0.502. The molecule has 1 aromatic rings. The fraction of sp³-hybridized carbons (Fsp3) is 0.250. The minimum absolute atomic E-state index is 0.984. The van der Waals surface area contributed by atoms with Crippen molar-refractivity contribution in [3.63, 3.8) is 0 Å². The predicted molar refractivity (Wildman–Crippen MR) is 46.8 cm³/mol. The average Bonchev–Trinajstić information content (AvgIpc) is 2.05. The molecule has 0 saturated heterocycles. The largest absolute Gasteiger partial charge is 0.242 e. The molecule has 0 unspecified atom stereocenters. The number of benzene rings is 1. The number of rotatable bonds is 2. The minimum atomic E-state index is 0.984. The van der Waals surface area contributed by atoms with E-state index in [2.05, 4.69) is 0 Å². The van der Waals surface area contributed by atoms with Crippen molar-refractivity contribution in [3.05, 3.63) is 30.3 Å². The van der Waals surface area contributed by atoms with Crippen molar-refractivity contribution >= 4 is 5.69 Å². The van der Waals surface area contributed by atoms with Crippen LogP contribution in [0, 0.1) is 0 Å². The van der Waals surface area contributed by atoms with Gasteiger partial charge < -0.3 is 0 Å². The van der Waals surface area contributed by atoms with Gasteiger partial charge in [-0.1, -0.05) is 18.2 Å². The van der Waals surface area contributed by atoms with Gasteiger partial charge in [0.1, 0.15) is 0 Å². The maximum Gasteiger partial charge on any atom is 0.0701 e. The van der Waals surface area contributed by atoms with Gasteiger partial charge in [-0.05, 0) is 12.1 Å². The summed E-state index contributed by atoms with van der Waals surface area (Å²) in [6.07, 6.45) is 0. The Morgan fingerprint density at radius 2 is 1.64 bits per heavy atom. The zero-order chi connectivity index (χ0) is 8.27. The van der Waals surface area contributed by atoms with Gasteiger partial charge in [0.25, 0.3) is 0 Å². The molecule has 1 aromatic carbocycles. The van der Waals surface area contributed by atoms with E-state index in [9.17, 15) is 0 Å². The number of anilines is 1. The smallest absolute Gasteiger partial charge is 0.0701 e. The first-order valence-corrected chi connectivity index (χ1v) is 3.49. The molecule has 0 fully saturated rings. The fourth-order valence-electron chi connectivity index (χ4n) is 0.812. The van der Waals surface area contributed by atoms with Gasteiger partial charge in [0.2, 0.25) is 0 Å². The maximum atomic E-state index is 5.70. The predicted octanol–water partition coefficient (Wildman–Crippen LogP) is 0.843. The molecule has 0 spiro atoms. The van der Waals surface area contributed by atoms with Crippen LogP contribution in [0.4, 0.5) is 5.69 Å². The van der Waals surface area contributed by atoms with Crippen LogP contribution in [0.3, 0.4) is 0 Å². The van der Waals surface area contributed by atoms with Crippen molar-refractivity contribution in [1.29, 1.82) is 0 Å². The van der Waals surface area contributed by atoms with Gasteiger partial charge in [0.15, 0.2) is 0 Å². The van der Waals surface area contributed by atoms with Crippen LogP contribution in [-0.4, -0.2) is 19.1 Å². The molecule has 0 bridgehead atoms. The lowest BCUT2D eigenvalue weighted by Crippen LogP contribution is -2.42. The van der Waals surface area contributed by atoms with Crippen LogP contribution in [0.2, 0.25) is 0 Å². The Hall–Kier alpha value is -1.06. The van der Waals surface area contributed by atoms with E-state index >= 15 is 0 Å². The maximum absolute atomic E-state index is 5.70. The number of hydrogen-bond donors (Lipinski definition) is 1. The van der Waals surface area contributed by atoms with Gasteiger partial charge in [-0.3, -0.25) is 0 Å². The van der Waals surface area contributed by atoms with Crippen LogP contribution in [0.15, 0.2) is 30.3 Å². The minimum Gasteiger partial charge on any atom is -0.242 e. The first-order valence-electron chi connectivity index (χ1n) is 3.49. The lowest BCUT2D eigenvalue weighted by molar-refractivity contribution is 0.375. The summed E-state index contributed by atoms with van der Waals surface area (Å²) in [4.78, 5) is 0. The van der Waals surface area contributed by atoms with E-state index in [-0.39, 0.29) is 0 Å². The standard InChI is InChI=1S/C8H13N3/c1-10(2)11(9)8-6-4-3-5-7-8/h3-7H,9H2,1-2H3. The van der Waals surface area contributed by atoms with Crippen molar-refractivity contribution < 1.29 is 0 Å². The molecular formula is C8H13N3. The summed E-state index contributed by atoms with van der Waals surface area (Å²) in [5.41, 5.74) is 0.984. The molecule has 3 heteroatoms. The van der Waals surface area contributed by atoms with Crippen molar-refractivity contribution in [1.82, 2.24) is 5.01 Å². The Morgan fingerprint density at radius 1 is 1.09 bits per heavy atom. The zero-order valence-corrected chi connectivity index (χ0v) is 6.86. The van der Waals surface area contributed by atoms with Crippen LogP contribution in [0.5, 0.6) is 0 Å². The number of nitrogens with zero attached hydrogens (tertiary/aromatic N) is 2. The highest BCUT2D eigenvalue weighted by atomic mass is 15.7. The summed E-state index contributed by atoms with van der Waals surface area (Å²) < 4.78 is 0. The lowest BCUT2D eigenvalue weighted by Gasteiger charge is -2.25. The summed E-state index contributed by atoms with van der Waals surface area (Å²) in [5, 5.41) is 3.40. The Balaban J connectivity index is 2.77. The highest BCUT2D eigenvalue weighted by Gasteiger charge is 2.00. The second-order valence-electron chi connectivity index (χ2n) is 2.53. The molecule has 0 aliphatic carbocycles. The molecule has 0 aliphatic rings. The second-order valence-corrected chi connectivity index (χ2v) is 2.53. The molecule has 1 rings (SSSR count). The van der Waals surface area contributed by atoms with Crippen molar-refractivity contribution in [2.24, 2.45) is 5.84 Å². The third-order valence-electron chi connectivity index (χ3n) is 1.45. The number of hydrogen-bond acceptors (Lipinski definition) is 3. The van der Waals surface area contributed by atoms with E-state index < -0.39 is 0 Å². The summed E-state index contributed by atoms with van der Waals surface area (Å²) >= 11 is 0. The summed E-state index contributed by atoms with van der Waals surface area (Å²) in [5.74, 6) is 5.70. The van der Waals surface area contributed by atoms with E-state index in [0.717, 1.165) is 5.69 Å². The lowest BCUT2D eigenvalue weighted by atomic mass is 10.3. The van der Waals surface area contributed by atoms with E-state index in [1.165, 1.54) is 0 Å². The third-order valence-corrected chi connectivity index (χ3v) is 1.45. The molecule has 0 saturated carbocycles. The van der Waals surface area contributed by atoms with Crippen LogP contribution >= 0.6 is 0 Å². The normalized spacial score (nSPS) is 10.2. The van der Waals surface area contributed by atoms with Crippen LogP contribution < -0.4 is 11.0 Å². The topological polar surface area (TPSA) is 32.5 Å². The van der Waals surface area contributed by atoms with Crippen molar-refractivity contribution in [2.45, 2.75) is 0 Å². The van der Waals surface area contributed by atoms with Crippen LogP contribution in [-0.2, 0) is 0 Å². The Labute approximate surface area is 67.0 Å². The van der Waals surface area contributed by atoms with E-state index in [4.69, 9.17) is 5.84 Å². The first-order chi connectivity index (χ1) is 5.22. The van der Waals surface area contributed by atoms with Crippen molar-refractivity contribution in [3.8, 4) is 0 Å². The zero-order valence-electron chi connectivity index (χ0n) is 6.86. The van der Waals surface area contributed by atoms with E-state index in [1.54, 1.807) is 5.12 Å². The molecule has 0 aromatic heterocycles. The first kappa shape index (κ1) is 8.04. The molecule has 3 nitrogen and oxygen atoms in total. The average molecular weight is 151 g/mol. The van der Waals surface area contributed by atoms with Crippen molar-refractivity contribution in [2.75, 3.05) is 19.2 Å². The molecule has 2 N–H and O–H groups in total. The van der Waals surface area contributed by atoms with Crippen LogP contribution in [0.1, 0.15) is 0 Å². The van der Waals surface area contributed by atoms with Gasteiger partial charge in [-0.2, -0.15) is 0 Å². The Bertz CT molecular complexity index is 208. The Morgan fingerprint density at radius 3 is 2.09 bits per heavy atom. The molecule has 60 valence electrons. The second kappa shape index (κ2) is 3.37. The highest BCUT2D eigenvalue weighted by Crippen LogP contribution is 2.08. The van der Waals surface area contributed by atoms with Crippen LogP contribution in [0.25, 0.3) is 0 Å². The molecule has 0 heterocycles. The Kier molecular flexibility index (Phi) is 2.46. The number of para-hydroxylation sites is 1. The van der Waals surface area contributed by atoms with Gasteiger partial charge in [0, 0.05) is 14.1 Å². The molecular weight excluding hydrogens is 138 g/mol. The molecule has 0 atom stereocenters. The fourth-order valence-corrected chi connectivity index (χ4v) is 0.812. The van der Waals surface area contributed by atoms with Gasteiger partial charge in [0.05, 0.1) is 5.69 Å². The number of nitrogens with two attached hydrogens (primary N) is 1.